The maximum atomic E-state index is 12.5. The predicted octanol–water partition coefficient (Wildman–Crippen LogP) is 3.03. The molecule has 0 bridgehead atoms. The van der Waals surface area contributed by atoms with Gasteiger partial charge in [0.1, 0.15) is 11.5 Å². The van der Waals surface area contributed by atoms with Crippen LogP contribution in [0.25, 0.3) is 0 Å². The van der Waals surface area contributed by atoms with Gasteiger partial charge in [0.2, 0.25) is 10.0 Å². The van der Waals surface area contributed by atoms with Gasteiger partial charge in [0.15, 0.2) is 0 Å². The lowest BCUT2D eigenvalue weighted by Crippen LogP contribution is -2.32. The van der Waals surface area contributed by atoms with Gasteiger partial charge in [0.25, 0.3) is 5.91 Å². The normalized spacial score (nSPS) is 12.3. The van der Waals surface area contributed by atoms with E-state index < -0.39 is 10.0 Å². The zero-order chi connectivity index (χ0) is 20.0. The third kappa shape index (κ3) is 5.21. The van der Waals surface area contributed by atoms with Crippen LogP contribution in [0.1, 0.15) is 30.6 Å². The molecule has 8 heteroatoms. The topological polar surface area (TPSA) is 93.7 Å². The molecule has 0 aliphatic rings. The van der Waals surface area contributed by atoms with E-state index in [1.54, 1.807) is 32.2 Å². The largest absolute Gasteiger partial charge is 0.497 e. The molecule has 146 valence electrons. The van der Waals surface area contributed by atoms with Crippen LogP contribution in [-0.2, 0) is 10.0 Å². The Balaban J connectivity index is 2.17. The van der Waals surface area contributed by atoms with E-state index in [4.69, 9.17) is 9.47 Å². The van der Waals surface area contributed by atoms with Gasteiger partial charge < -0.3 is 14.8 Å². The number of anilines is 1. The van der Waals surface area contributed by atoms with Gasteiger partial charge >= 0.3 is 0 Å². The van der Waals surface area contributed by atoms with Crippen molar-refractivity contribution >= 4 is 21.6 Å². The zero-order valence-electron chi connectivity index (χ0n) is 15.8. The maximum Gasteiger partial charge on any atom is 0.255 e. The first-order valence-corrected chi connectivity index (χ1v) is 9.94. The summed E-state index contributed by atoms with van der Waals surface area (Å²) in [6.45, 7) is 3.69. The summed E-state index contributed by atoms with van der Waals surface area (Å²) in [4.78, 5) is 12.6. The Morgan fingerprint density at radius 2 is 1.74 bits per heavy atom. The molecule has 2 N–H and O–H groups in total. The van der Waals surface area contributed by atoms with Gasteiger partial charge in [-0.25, -0.2) is 13.1 Å². The molecule has 0 saturated heterocycles. The van der Waals surface area contributed by atoms with E-state index in [0.717, 1.165) is 0 Å². The second-order valence-electron chi connectivity index (χ2n) is 5.98. The maximum absolute atomic E-state index is 12.5. The van der Waals surface area contributed by atoms with Crippen LogP contribution >= 0.6 is 0 Å². The van der Waals surface area contributed by atoms with Gasteiger partial charge in [-0.1, -0.05) is 6.92 Å². The monoisotopic (exact) mass is 392 g/mol. The number of rotatable bonds is 8. The van der Waals surface area contributed by atoms with E-state index in [9.17, 15) is 13.2 Å². The minimum Gasteiger partial charge on any atom is -0.497 e. The molecule has 1 atom stereocenters. The van der Waals surface area contributed by atoms with Gasteiger partial charge in [-0.15, -0.1) is 0 Å². The van der Waals surface area contributed by atoms with Crippen molar-refractivity contribution in [3.8, 4) is 11.5 Å². The van der Waals surface area contributed by atoms with Crippen molar-refractivity contribution in [1.82, 2.24) is 4.72 Å². The Morgan fingerprint density at radius 3 is 2.30 bits per heavy atom. The van der Waals surface area contributed by atoms with Crippen LogP contribution in [0.3, 0.4) is 0 Å². The number of carbonyl (C=O) groups is 1. The van der Waals surface area contributed by atoms with Crippen molar-refractivity contribution in [2.45, 2.75) is 31.2 Å². The summed E-state index contributed by atoms with van der Waals surface area (Å²) < 4.78 is 37.5. The third-order valence-corrected chi connectivity index (χ3v) is 5.66. The lowest BCUT2D eigenvalue weighted by Gasteiger charge is -2.13. The highest BCUT2D eigenvalue weighted by atomic mass is 32.2. The highest BCUT2D eigenvalue weighted by Gasteiger charge is 2.17. The Labute approximate surface area is 159 Å². The van der Waals surface area contributed by atoms with Crippen molar-refractivity contribution in [1.29, 1.82) is 0 Å². The number of amides is 1. The second kappa shape index (κ2) is 8.88. The molecular weight excluding hydrogens is 368 g/mol. The molecule has 0 fully saturated rings. The van der Waals surface area contributed by atoms with Crippen molar-refractivity contribution in [3.63, 3.8) is 0 Å². The molecule has 7 nitrogen and oxygen atoms in total. The Morgan fingerprint density at radius 1 is 1.07 bits per heavy atom. The Bertz CT molecular complexity index is 895. The molecule has 0 aliphatic carbocycles. The van der Waals surface area contributed by atoms with E-state index in [0.29, 0.717) is 29.2 Å². The number of ether oxygens (including phenoxy) is 2. The molecule has 1 amide bonds. The summed E-state index contributed by atoms with van der Waals surface area (Å²) in [5, 5.41) is 2.74. The lowest BCUT2D eigenvalue weighted by molar-refractivity contribution is 0.102. The van der Waals surface area contributed by atoms with Crippen LogP contribution in [0.5, 0.6) is 11.5 Å². The van der Waals surface area contributed by atoms with Gasteiger partial charge in [0, 0.05) is 17.7 Å². The predicted molar refractivity (Wildman–Crippen MR) is 104 cm³/mol. The Kier molecular flexibility index (Phi) is 6.81. The van der Waals surface area contributed by atoms with Crippen LogP contribution in [0, 0.1) is 0 Å². The van der Waals surface area contributed by atoms with E-state index in [1.807, 2.05) is 6.92 Å². The minimum atomic E-state index is -3.61. The fraction of sp³-hybridized carbons (Fsp3) is 0.316. The SMILES string of the molecule is CCC(C)NS(=O)(=O)c1ccc(C(=O)Nc2ccc(OC)cc2OC)cc1. The van der Waals surface area contributed by atoms with Crippen LogP contribution in [-0.4, -0.2) is 34.6 Å². The summed E-state index contributed by atoms with van der Waals surface area (Å²) in [5.74, 6) is 0.685. The number of hydrogen-bond acceptors (Lipinski definition) is 5. The molecule has 0 spiro atoms. The summed E-state index contributed by atoms with van der Waals surface area (Å²) in [6.07, 6.45) is 0.684. The van der Waals surface area contributed by atoms with E-state index in [-0.39, 0.29) is 16.8 Å². The van der Waals surface area contributed by atoms with E-state index in [2.05, 4.69) is 10.0 Å². The molecule has 2 aromatic rings. The number of sulfonamides is 1. The van der Waals surface area contributed by atoms with Crippen LogP contribution in [0.15, 0.2) is 47.4 Å². The van der Waals surface area contributed by atoms with Crippen LogP contribution in [0.2, 0.25) is 0 Å². The third-order valence-electron chi connectivity index (χ3n) is 4.05. The highest BCUT2D eigenvalue weighted by Crippen LogP contribution is 2.29. The van der Waals surface area contributed by atoms with E-state index in [1.165, 1.54) is 31.4 Å². The molecule has 0 radical (unpaired) electrons. The minimum absolute atomic E-state index is 0.112. The molecule has 2 rings (SSSR count). The van der Waals surface area contributed by atoms with Crippen molar-refractivity contribution in [2.24, 2.45) is 0 Å². The smallest absolute Gasteiger partial charge is 0.255 e. The average molecular weight is 392 g/mol. The summed E-state index contributed by atoms with van der Waals surface area (Å²) >= 11 is 0. The first kappa shape index (κ1) is 20.7. The molecule has 27 heavy (non-hydrogen) atoms. The van der Waals surface area contributed by atoms with Crippen molar-refractivity contribution in [3.05, 3.63) is 48.0 Å². The Hall–Kier alpha value is -2.58. The van der Waals surface area contributed by atoms with Gasteiger partial charge in [-0.05, 0) is 49.7 Å². The van der Waals surface area contributed by atoms with E-state index >= 15 is 0 Å². The molecular formula is C19H24N2O5S. The molecule has 0 heterocycles. The number of carbonyl (C=O) groups excluding carboxylic acids is 1. The first-order valence-electron chi connectivity index (χ1n) is 8.46. The zero-order valence-corrected chi connectivity index (χ0v) is 16.6. The summed E-state index contributed by atoms with van der Waals surface area (Å²) in [7, 11) is -0.572. The number of benzene rings is 2. The standard InChI is InChI=1S/C19H24N2O5S/c1-5-13(2)21-27(23,24)16-9-6-14(7-10-16)19(22)20-17-11-8-15(25-3)12-18(17)26-4/h6-13,21H,5H2,1-4H3,(H,20,22). The average Bonchev–Trinajstić information content (AvgIpc) is 2.67. The molecule has 0 saturated carbocycles. The fourth-order valence-corrected chi connectivity index (χ4v) is 3.62. The van der Waals surface area contributed by atoms with Crippen LogP contribution in [0.4, 0.5) is 5.69 Å². The highest BCUT2D eigenvalue weighted by molar-refractivity contribution is 7.89. The van der Waals surface area contributed by atoms with Gasteiger partial charge in [0.05, 0.1) is 24.8 Å². The molecule has 2 aromatic carbocycles. The van der Waals surface area contributed by atoms with Crippen LogP contribution < -0.4 is 19.5 Å². The molecule has 1 unspecified atom stereocenters. The number of nitrogens with one attached hydrogen (secondary N) is 2. The number of methoxy groups -OCH3 is 2. The molecule has 0 aliphatic heterocycles. The summed E-state index contributed by atoms with van der Waals surface area (Å²) in [5.41, 5.74) is 0.814. The second-order valence-corrected chi connectivity index (χ2v) is 7.69. The first-order chi connectivity index (χ1) is 12.8. The number of hydrogen-bond donors (Lipinski definition) is 2. The lowest BCUT2D eigenvalue weighted by atomic mass is 10.2. The van der Waals surface area contributed by atoms with Gasteiger partial charge in [-0.2, -0.15) is 0 Å². The molecule has 0 aromatic heterocycles. The van der Waals surface area contributed by atoms with Gasteiger partial charge in [-0.3, -0.25) is 4.79 Å². The quantitative estimate of drug-likeness (QED) is 0.720. The van der Waals surface area contributed by atoms with Crippen molar-refractivity contribution < 1.29 is 22.7 Å². The fourth-order valence-electron chi connectivity index (χ4n) is 2.30. The van der Waals surface area contributed by atoms with Crippen molar-refractivity contribution in [2.75, 3.05) is 19.5 Å². The summed E-state index contributed by atoms with van der Waals surface area (Å²) in [6, 6.07) is 10.6.